The summed E-state index contributed by atoms with van der Waals surface area (Å²) in [5, 5.41) is 6.75. The standard InChI is InChI=1S/C57H35N5O/c1-3-16-36(17-4-1)38-30-32-44-43-22-9-13-27-49(43)62(51(44)34-38)57-59-55(39-31-33-46-53(35-39)63-52-29-15-24-40(54(46)52)37-18-5-2-6-19-37)58-56(60-57)45-23-10-14-28-50(45)61-47-25-11-7-20-41(47)42-21-8-12-26-48(42)61/h1-35H. The van der Waals surface area contributed by atoms with Crippen molar-refractivity contribution in [3.63, 3.8) is 0 Å². The van der Waals surface area contributed by atoms with Gasteiger partial charge in [-0.05, 0) is 76.9 Å². The quantitative estimate of drug-likeness (QED) is 0.168. The number of hydrogen-bond acceptors (Lipinski definition) is 4. The average molecular weight is 806 g/mol. The molecular weight excluding hydrogens is 771 g/mol. The molecule has 6 heteroatoms. The summed E-state index contributed by atoms with van der Waals surface area (Å²) in [5.41, 5.74) is 13.1. The van der Waals surface area contributed by atoms with E-state index in [0.717, 1.165) is 93.8 Å². The SMILES string of the molecule is c1ccc(-c2ccc3c4ccccc4n(-c4nc(-c5ccc6c(c5)oc5cccc(-c7ccccc7)c56)nc(-c5ccccc5-n5c6ccccc6c6ccccc65)n4)c3c2)cc1. The lowest BCUT2D eigenvalue weighted by atomic mass is 9.99. The second-order valence-electron chi connectivity index (χ2n) is 16.0. The van der Waals surface area contributed by atoms with Crippen molar-refractivity contribution in [2.24, 2.45) is 0 Å². The van der Waals surface area contributed by atoms with Crippen LogP contribution in [-0.2, 0) is 0 Å². The Hall–Kier alpha value is -8.61. The first-order valence-electron chi connectivity index (χ1n) is 21.2. The fourth-order valence-electron chi connectivity index (χ4n) is 9.57. The largest absolute Gasteiger partial charge is 0.456 e. The molecule has 0 bridgehead atoms. The Morgan fingerprint density at radius 3 is 1.60 bits per heavy atom. The number of rotatable bonds is 6. The lowest BCUT2D eigenvalue weighted by Gasteiger charge is -2.15. The van der Waals surface area contributed by atoms with E-state index in [-0.39, 0.29) is 0 Å². The molecule has 9 aromatic carbocycles. The summed E-state index contributed by atoms with van der Waals surface area (Å²) >= 11 is 0. The van der Waals surface area contributed by atoms with Gasteiger partial charge in [-0.2, -0.15) is 9.97 Å². The molecular formula is C57H35N5O. The van der Waals surface area contributed by atoms with Gasteiger partial charge in [-0.25, -0.2) is 4.98 Å². The third-order valence-corrected chi connectivity index (χ3v) is 12.4. The maximum absolute atomic E-state index is 6.63. The molecule has 4 aromatic heterocycles. The number of fused-ring (bicyclic) bond motifs is 9. The smallest absolute Gasteiger partial charge is 0.238 e. The zero-order chi connectivity index (χ0) is 41.4. The molecule has 0 aliphatic heterocycles. The van der Waals surface area contributed by atoms with Gasteiger partial charge in [0.1, 0.15) is 11.2 Å². The maximum atomic E-state index is 6.63. The first-order chi connectivity index (χ1) is 31.2. The molecule has 4 heterocycles. The van der Waals surface area contributed by atoms with E-state index in [1.54, 1.807) is 0 Å². The Balaban J connectivity index is 1.08. The zero-order valence-corrected chi connectivity index (χ0v) is 33.9. The lowest BCUT2D eigenvalue weighted by Crippen LogP contribution is -2.08. The van der Waals surface area contributed by atoms with Crippen molar-refractivity contribution >= 4 is 65.6 Å². The van der Waals surface area contributed by atoms with Crippen LogP contribution in [0.2, 0.25) is 0 Å². The molecule has 0 atom stereocenters. The second-order valence-corrected chi connectivity index (χ2v) is 16.0. The summed E-state index contributed by atoms with van der Waals surface area (Å²) in [6.45, 7) is 0. The van der Waals surface area contributed by atoms with Crippen LogP contribution in [0, 0.1) is 0 Å². The summed E-state index contributed by atoms with van der Waals surface area (Å²) in [6.07, 6.45) is 0. The predicted octanol–water partition coefficient (Wildman–Crippen LogP) is 14.6. The summed E-state index contributed by atoms with van der Waals surface area (Å²) < 4.78 is 11.2. The molecule has 0 saturated carbocycles. The molecule has 0 spiro atoms. The molecule has 63 heavy (non-hydrogen) atoms. The van der Waals surface area contributed by atoms with Gasteiger partial charge in [-0.3, -0.25) is 4.57 Å². The van der Waals surface area contributed by atoms with Crippen molar-refractivity contribution in [1.29, 1.82) is 0 Å². The zero-order valence-electron chi connectivity index (χ0n) is 33.9. The summed E-state index contributed by atoms with van der Waals surface area (Å²) in [5.74, 6) is 1.64. The highest BCUT2D eigenvalue weighted by Crippen LogP contribution is 2.40. The van der Waals surface area contributed by atoms with E-state index in [1.165, 1.54) is 10.8 Å². The van der Waals surface area contributed by atoms with Gasteiger partial charge in [0.05, 0.1) is 27.8 Å². The molecule has 0 fully saturated rings. The predicted molar refractivity (Wildman–Crippen MR) is 258 cm³/mol. The Morgan fingerprint density at radius 1 is 0.317 bits per heavy atom. The van der Waals surface area contributed by atoms with Gasteiger partial charge in [0.2, 0.25) is 5.95 Å². The molecule has 13 aromatic rings. The molecule has 0 amide bonds. The van der Waals surface area contributed by atoms with E-state index in [9.17, 15) is 0 Å². The molecule has 6 nitrogen and oxygen atoms in total. The third-order valence-electron chi connectivity index (χ3n) is 12.4. The van der Waals surface area contributed by atoms with Crippen molar-refractivity contribution in [1.82, 2.24) is 24.1 Å². The van der Waals surface area contributed by atoms with Gasteiger partial charge in [-0.1, -0.05) is 158 Å². The number of furan rings is 1. The maximum Gasteiger partial charge on any atom is 0.238 e. The Morgan fingerprint density at radius 2 is 0.873 bits per heavy atom. The van der Waals surface area contributed by atoms with Crippen molar-refractivity contribution in [2.45, 2.75) is 0 Å². The Kier molecular flexibility index (Phi) is 7.80. The Labute approximate surface area is 361 Å². The van der Waals surface area contributed by atoms with Gasteiger partial charge in [0.25, 0.3) is 0 Å². The van der Waals surface area contributed by atoms with Gasteiger partial charge >= 0.3 is 0 Å². The van der Waals surface area contributed by atoms with Crippen LogP contribution in [0.5, 0.6) is 0 Å². The summed E-state index contributed by atoms with van der Waals surface area (Å²) in [6, 6.07) is 74.3. The van der Waals surface area contributed by atoms with E-state index in [4.69, 9.17) is 19.4 Å². The van der Waals surface area contributed by atoms with Gasteiger partial charge in [-0.15, -0.1) is 0 Å². The monoisotopic (exact) mass is 805 g/mol. The molecule has 294 valence electrons. The van der Waals surface area contributed by atoms with Crippen molar-refractivity contribution in [3.05, 3.63) is 212 Å². The van der Waals surface area contributed by atoms with E-state index in [0.29, 0.717) is 17.6 Å². The number of aromatic nitrogens is 5. The minimum atomic E-state index is 0.527. The van der Waals surface area contributed by atoms with E-state index < -0.39 is 0 Å². The molecule has 0 radical (unpaired) electrons. The van der Waals surface area contributed by atoms with Gasteiger partial charge < -0.3 is 8.98 Å². The van der Waals surface area contributed by atoms with Crippen LogP contribution in [0.1, 0.15) is 0 Å². The molecule has 0 aliphatic carbocycles. The Bertz CT molecular complexity index is 3860. The number of hydrogen-bond donors (Lipinski definition) is 0. The van der Waals surface area contributed by atoms with Gasteiger partial charge in [0, 0.05) is 43.4 Å². The molecule has 0 aliphatic rings. The highest BCUT2D eigenvalue weighted by Gasteiger charge is 2.22. The highest BCUT2D eigenvalue weighted by atomic mass is 16.3. The normalized spacial score (nSPS) is 11.8. The molecule has 0 N–H and O–H groups in total. The lowest BCUT2D eigenvalue weighted by molar-refractivity contribution is 0.669. The number of para-hydroxylation sites is 4. The van der Waals surface area contributed by atoms with Crippen molar-refractivity contribution < 1.29 is 4.42 Å². The van der Waals surface area contributed by atoms with Crippen LogP contribution in [-0.4, -0.2) is 24.1 Å². The fraction of sp³-hybridized carbons (Fsp3) is 0. The number of nitrogens with zero attached hydrogens (tertiary/aromatic N) is 5. The highest BCUT2D eigenvalue weighted by molar-refractivity contribution is 6.14. The van der Waals surface area contributed by atoms with Crippen LogP contribution >= 0.6 is 0 Å². The molecule has 0 unspecified atom stereocenters. The van der Waals surface area contributed by atoms with E-state index in [1.807, 2.05) is 12.1 Å². The van der Waals surface area contributed by atoms with Crippen molar-refractivity contribution in [2.75, 3.05) is 0 Å². The van der Waals surface area contributed by atoms with Crippen LogP contribution in [0.4, 0.5) is 0 Å². The first kappa shape index (κ1) is 35.2. The average Bonchev–Trinajstić information content (AvgIpc) is 4.01. The van der Waals surface area contributed by atoms with Crippen LogP contribution in [0.15, 0.2) is 217 Å². The number of benzene rings is 9. The topological polar surface area (TPSA) is 61.7 Å². The molecule has 0 saturated heterocycles. The fourth-order valence-corrected chi connectivity index (χ4v) is 9.57. The van der Waals surface area contributed by atoms with Crippen molar-refractivity contribution in [3.8, 4) is 56.7 Å². The second kappa shape index (κ2) is 14.0. The minimum absolute atomic E-state index is 0.527. The van der Waals surface area contributed by atoms with Crippen LogP contribution < -0.4 is 0 Å². The van der Waals surface area contributed by atoms with Crippen LogP contribution in [0.3, 0.4) is 0 Å². The summed E-state index contributed by atoms with van der Waals surface area (Å²) in [7, 11) is 0. The van der Waals surface area contributed by atoms with Gasteiger partial charge in [0.15, 0.2) is 11.6 Å². The first-order valence-corrected chi connectivity index (χ1v) is 21.2. The minimum Gasteiger partial charge on any atom is -0.456 e. The third kappa shape index (κ3) is 5.55. The summed E-state index contributed by atoms with van der Waals surface area (Å²) in [4.78, 5) is 16.2. The molecule has 13 rings (SSSR count). The van der Waals surface area contributed by atoms with E-state index in [2.05, 4.69) is 209 Å². The van der Waals surface area contributed by atoms with E-state index >= 15 is 0 Å². The van der Waals surface area contributed by atoms with Crippen LogP contribution in [0.25, 0.3) is 122 Å².